The Bertz CT molecular complexity index is 1320. The highest BCUT2D eigenvalue weighted by Gasteiger charge is 2.49. The highest BCUT2D eigenvalue weighted by Crippen LogP contribution is 2.51. The molecule has 0 bridgehead atoms. The van der Waals surface area contributed by atoms with Crippen molar-refractivity contribution in [1.82, 2.24) is 10.6 Å². The highest BCUT2D eigenvalue weighted by atomic mass is 19.2. The highest BCUT2D eigenvalue weighted by molar-refractivity contribution is 5.74. The summed E-state index contributed by atoms with van der Waals surface area (Å²) in [5, 5.41) is 6.37. The lowest BCUT2D eigenvalue weighted by atomic mass is 9.71. The molecule has 2 heterocycles. The molecule has 2 aliphatic heterocycles. The van der Waals surface area contributed by atoms with E-state index in [4.69, 9.17) is 4.74 Å². The van der Waals surface area contributed by atoms with Crippen LogP contribution in [0.5, 0.6) is 0 Å². The molecule has 3 aromatic rings. The summed E-state index contributed by atoms with van der Waals surface area (Å²) in [5.41, 5.74) is 7.82. The predicted octanol–water partition coefficient (Wildman–Crippen LogP) is 5.43. The molecule has 1 fully saturated rings. The van der Waals surface area contributed by atoms with Gasteiger partial charge in [-0.1, -0.05) is 36.4 Å². The van der Waals surface area contributed by atoms with Crippen molar-refractivity contribution in [2.24, 2.45) is 0 Å². The second-order valence-corrected chi connectivity index (χ2v) is 10.0. The van der Waals surface area contributed by atoms with Crippen LogP contribution < -0.4 is 10.6 Å². The molecule has 0 aliphatic carbocycles. The number of hydrogen-bond acceptors (Lipinski definition) is 3. The van der Waals surface area contributed by atoms with Crippen molar-refractivity contribution in [3.05, 3.63) is 93.5 Å². The number of benzene rings is 3. The van der Waals surface area contributed by atoms with Crippen LogP contribution in [0.4, 0.5) is 8.78 Å². The fourth-order valence-electron chi connectivity index (χ4n) is 6.05. The van der Waals surface area contributed by atoms with Crippen LogP contribution in [0.15, 0.2) is 48.5 Å². The van der Waals surface area contributed by atoms with Gasteiger partial charge >= 0.3 is 0 Å². The summed E-state index contributed by atoms with van der Waals surface area (Å²) < 4.78 is 34.6. The lowest BCUT2D eigenvalue weighted by molar-refractivity contribution is -0.118. The number of nitrogens with one attached hydrogen (secondary N) is 2. The Hall–Kier alpha value is -3.09. The van der Waals surface area contributed by atoms with Gasteiger partial charge in [0.2, 0.25) is 5.91 Å². The Morgan fingerprint density at radius 3 is 2.69 bits per heavy atom. The summed E-state index contributed by atoms with van der Waals surface area (Å²) in [4.78, 5) is 11.3. The van der Waals surface area contributed by atoms with Crippen molar-refractivity contribution >= 4 is 5.91 Å². The molecule has 0 saturated carbocycles. The zero-order valence-corrected chi connectivity index (χ0v) is 21.0. The van der Waals surface area contributed by atoms with E-state index in [0.717, 1.165) is 40.8 Å². The van der Waals surface area contributed by atoms with Gasteiger partial charge in [-0.25, -0.2) is 8.78 Å². The largest absolute Gasteiger partial charge is 0.365 e. The normalized spacial score (nSPS) is 21.0. The van der Waals surface area contributed by atoms with E-state index < -0.39 is 17.2 Å². The minimum Gasteiger partial charge on any atom is -0.365 e. The van der Waals surface area contributed by atoms with Crippen LogP contribution in [0, 0.1) is 25.5 Å². The molecular formula is C30H32F2N2O2. The molecule has 1 spiro atoms. The number of rotatable bonds is 5. The van der Waals surface area contributed by atoms with Gasteiger partial charge < -0.3 is 15.4 Å². The van der Waals surface area contributed by atoms with Gasteiger partial charge in [-0.15, -0.1) is 0 Å². The molecule has 6 heteroatoms. The minimum atomic E-state index is -0.826. The van der Waals surface area contributed by atoms with Crippen LogP contribution in [-0.4, -0.2) is 25.5 Å². The van der Waals surface area contributed by atoms with Crippen molar-refractivity contribution in [2.45, 2.75) is 51.7 Å². The summed E-state index contributed by atoms with van der Waals surface area (Å²) in [6.07, 6.45) is 1.45. The third-order valence-electron chi connectivity index (χ3n) is 7.73. The predicted molar refractivity (Wildman–Crippen MR) is 137 cm³/mol. The van der Waals surface area contributed by atoms with E-state index in [1.807, 2.05) is 0 Å². The van der Waals surface area contributed by atoms with Gasteiger partial charge in [0.1, 0.15) is 5.60 Å². The number of hydrogen-bond donors (Lipinski definition) is 2. The van der Waals surface area contributed by atoms with E-state index in [1.54, 1.807) is 0 Å². The summed E-state index contributed by atoms with van der Waals surface area (Å²) in [5.74, 6) is -1.71. The number of fused-ring (bicyclic) bond motifs is 2. The monoisotopic (exact) mass is 490 g/mol. The topological polar surface area (TPSA) is 50.4 Å². The number of halogens is 2. The third kappa shape index (κ3) is 4.33. The molecule has 1 amide bonds. The summed E-state index contributed by atoms with van der Waals surface area (Å²) in [6.45, 7) is 8.09. The third-order valence-corrected chi connectivity index (χ3v) is 7.73. The van der Waals surface area contributed by atoms with Gasteiger partial charge in [0, 0.05) is 25.9 Å². The first-order chi connectivity index (χ1) is 17.3. The van der Waals surface area contributed by atoms with Gasteiger partial charge in [-0.3, -0.25) is 4.79 Å². The Morgan fingerprint density at radius 2 is 1.92 bits per heavy atom. The Balaban J connectivity index is 1.52. The maximum absolute atomic E-state index is 14.3. The van der Waals surface area contributed by atoms with E-state index >= 15 is 0 Å². The van der Waals surface area contributed by atoms with Crippen LogP contribution in [0.3, 0.4) is 0 Å². The second kappa shape index (κ2) is 9.75. The van der Waals surface area contributed by atoms with Crippen LogP contribution in [-0.2, 0) is 28.2 Å². The van der Waals surface area contributed by atoms with Crippen molar-refractivity contribution < 1.29 is 18.3 Å². The van der Waals surface area contributed by atoms with E-state index in [-0.39, 0.29) is 11.8 Å². The molecule has 1 saturated heterocycles. The minimum absolute atomic E-state index is 0.0254. The second-order valence-electron chi connectivity index (χ2n) is 10.0. The molecule has 2 N–H and O–H groups in total. The first-order valence-electron chi connectivity index (χ1n) is 12.6. The van der Waals surface area contributed by atoms with Gasteiger partial charge in [0.25, 0.3) is 0 Å². The number of carbonyl (C=O) groups excluding carboxylic acids is 1. The van der Waals surface area contributed by atoms with E-state index in [9.17, 15) is 13.6 Å². The fraction of sp³-hybridized carbons (Fsp3) is 0.367. The van der Waals surface area contributed by atoms with Crippen molar-refractivity contribution in [2.75, 3.05) is 19.6 Å². The van der Waals surface area contributed by atoms with E-state index in [0.29, 0.717) is 26.1 Å². The van der Waals surface area contributed by atoms with Crippen molar-refractivity contribution in [1.29, 1.82) is 0 Å². The molecule has 2 atom stereocenters. The lowest BCUT2D eigenvalue weighted by Crippen LogP contribution is -2.46. The summed E-state index contributed by atoms with van der Waals surface area (Å²) in [6, 6.07) is 15.4. The molecular weight excluding hydrogens is 458 g/mol. The number of amides is 1. The Kier molecular flexibility index (Phi) is 6.66. The molecule has 2 aliphatic rings. The molecule has 0 unspecified atom stereocenters. The van der Waals surface area contributed by atoms with E-state index in [2.05, 4.69) is 60.9 Å². The molecule has 5 rings (SSSR count). The molecule has 0 radical (unpaired) electrons. The summed E-state index contributed by atoms with van der Waals surface area (Å²) >= 11 is 0. The smallest absolute Gasteiger partial charge is 0.216 e. The lowest BCUT2D eigenvalue weighted by Gasteiger charge is -2.42. The quantitative estimate of drug-likeness (QED) is 0.502. The van der Waals surface area contributed by atoms with Gasteiger partial charge in [-0.05, 0) is 89.9 Å². The number of piperidine rings is 1. The molecule has 188 valence electrons. The Labute approximate surface area is 211 Å². The molecule has 3 aromatic carbocycles. The first kappa shape index (κ1) is 24.6. The number of aryl methyl sites for hydroxylation is 2. The SMILES string of the molecule is CC(=O)NCCc1cccc(C)c1-c1ccc([C@H]2CNCC[C@@]23OCc2cc(F)c(F)cc23)c(C)c1. The van der Waals surface area contributed by atoms with Gasteiger partial charge in [0.05, 0.1) is 6.61 Å². The van der Waals surface area contributed by atoms with Crippen LogP contribution in [0.2, 0.25) is 0 Å². The average molecular weight is 491 g/mol. The zero-order valence-electron chi connectivity index (χ0n) is 21.0. The molecule has 4 nitrogen and oxygen atoms in total. The number of carbonyl (C=O) groups is 1. The Morgan fingerprint density at radius 1 is 1.11 bits per heavy atom. The first-order valence-corrected chi connectivity index (χ1v) is 12.6. The van der Waals surface area contributed by atoms with Gasteiger partial charge in [-0.2, -0.15) is 0 Å². The maximum Gasteiger partial charge on any atom is 0.216 e. The number of ether oxygens (including phenoxy) is 1. The average Bonchev–Trinajstić information content (AvgIpc) is 3.17. The van der Waals surface area contributed by atoms with Crippen molar-refractivity contribution in [3.8, 4) is 11.1 Å². The van der Waals surface area contributed by atoms with Crippen molar-refractivity contribution in [3.63, 3.8) is 0 Å². The van der Waals surface area contributed by atoms with Gasteiger partial charge in [0.15, 0.2) is 11.6 Å². The molecule has 0 aromatic heterocycles. The standard InChI is InChI=1S/C30H32F2N2O2/c1-18-5-4-6-21(9-11-34-20(3)35)29(18)22-7-8-24(19(2)13-22)26-16-33-12-10-30(26)25-15-28(32)27(31)14-23(25)17-36-30/h4-8,13-15,26,33H,9-12,16-17H2,1-3H3,(H,34,35)/t26-,30+/m1/s1. The maximum atomic E-state index is 14.3. The van der Waals surface area contributed by atoms with Crippen LogP contribution in [0.1, 0.15) is 52.6 Å². The van der Waals surface area contributed by atoms with Crippen LogP contribution >= 0.6 is 0 Å². The summed E-state index contributed by atoms with van der Waals surface area (Å²) in [7, 11) is 0. The zero-order chi connectivity index (χ0) is 25.4. The fourth-order valence-corrected chi connectivity index (χ4v) is 6.05. The van der Waals surface area contributed by atoms with E-state index in [1.165, 1.54) is 35.7 Å². The molecule has 36 heavy (non-hydrogen) atoms. The van der Waals surface area contributed by atoms with Crippen LogP contribution in [0.25, 0.3) is 11.1 Å².